The molecule has 3 heteroatoms. The number of likely N-dealkylation sites (tertiary alicyclic amines) is 1. The average molecular weight is 237 g/mol. The van der Waals surface area contributed by atoms with E-state index in [0.29, 0.717) is 17.9 Å². The Labute approximate surface area is 103 Å². The smallest absolute Gasteiger partial charge is 0.308 e. The molecule has 3 nitrogen and oxygen atoms in total. The van der Waals surface area contributed by atoms with E-state index in [-0.39, 0.29) is 5.92 Å². The zero-order chi connectivity index (χ0) is 12.0. The van der Waals surface area contributed by atoms with Gasteiger partial charge in [-0.15, -0.1) is 0 Å². The number of carboxylic acids is 1. The molecule has 3 aliphatic rings. The van der Waals surface area contributed by atoms with Crippen LogP contribution in [0.1, 0.15) is 39.0 Å². The van der Waals surface area contributed by atoms with Crippen molar-refractivity contribution >= 4 is 5.97 Å². The van der Waals surface area contributed by atoms with Gasteiger partial charge in [0.2, 0.25) is 0 Å². The van der Waals surface area contributed by atoms with E-state index in [1.165, 1.54) is 25.7 Å². The molecule has 0 radical (unpaired) electrons. The molecule has 1 aliphatic heterocycles. The molecule has 96 valence electrons. The lowest BCUT2D eigenvalue weighted by Gasteiger charge is -2.41. The standard InChI is InChI=1S/C14H23NO2/c1-9-4-6-15(7-5-9)13-11-3-2-10(8-11)12(13)14(16)17/h9-13H,2-8H2,1H3,(H,16,17). The van der Waals surface area contributed by atoms with Crippen LogP contribution in [0.4, 0.5) is 0 Å². The van der Waals surface area contributed by atoms with Crippen molar-refractivity contribution in [1.29, 1.82) is 0 Å². The summed E-state index contributed by atoms with van der Waals surface area (Å²) in [5, 5.41) is 9.46. The summed E-state index contributed by atoms with van der Waals surface area (Å²) in [4.78, 5) is 14.0. The lowest BCUT2D eigenvalue weighted by Crippen LogP contribution is -2.49. The van der Waals surface area contributed by atoms with E-state index in [1.807, 2.05) is 0 Å². The number of carbonyl (C=O) groups is 1. The average Bonchev–Trinajstić information content (AvgIpc) is 2.89. The molecule has 0 aromatic rings. The monoisotopic (exact) mass is 237 g/mol. The molecule has 4 atom stereocenters. The summed E-state index contributed by atoms with van der Waals surface area (Å²) in [6, 6.07) is 0.360. The number of nitrogens with zero attached hydrogens (tertiary/aromatic N) is 1. The van der Waals surface area contributed by atoms with E-state index in [4.69, 9.17) is 0 Å². The van der Waals surface area contributed by atoms with Gasteiger partial charge < -0.3 is 5.11 Å². The Morgan fingerprint density at radius 3 is 2.41 bits per heavy atom. The maximum absolute atomic E-state index is 11.5. The van der Waals surface area contributed by atoms with Crippen LogP contribution >= 0.6 is 0 Å². The normalized spacial score (nSPS) is 43.1. The van der Waals surface area contributed by atoms with Crippen LogP contribution in [0, 0.1) is 23.7 Å². The zero-order valence-corrected chi connectivity index (χ0v) is 10.6. The highest BCUT2D eigenvalue weighted by Crippen LogP contribution is 2.51. The maximum atomic E-state index is 11.5. The second kappa shape index (κ2) is 4.27. The Hall–Kier alpha value is -0.570. The maximum Gasteiger partial charge on any atom is 0.308 e. The SMILES string of the molecule is CC1CCN(C2C3CCC(C3)C2C(=O)O)CC1. The molecule has 0 amide bonds. The predicted molar refractivity (Wildman–Crippen MR) is 65.7 cm³/mol. The van der Waals surface area contributed by atoms with Gasteiger partial charge >= 0.3 is 5.97 Å². The molecule has 2 saturated carbocycles. The van der Waals surface area contributed by atoms with Crippen molar-refractivity contribution in [2.45, 2.75) is 45.1 Å². The zero-order valence-electron chi connectivity index (χ0n) is 10.6. The Bertz CT molecular complexity index is 309. The number of fused-ring (bicyclic) bond motifs is 2. The first-order valence-corrected chi connectivity index (χ1v) is 7.13. The van der Waals surface area contributed by atoms with E-state index >= 15 is 0 Å². The van der Waals surface area contributed by atoms with Gasteiger partial charge in [0.25, 0.3) is 0 Å². The number of hydrogen-bond acceptors (Lipinski definition) is 2. The Morgan fingerprint density at radius 1 is 1.12 bits per heavy atom. The van der Waals surface area contributed by atoms with Gasteiger partial charge in [0.05, 0.1) is 5.92 Å². The van der Waals surface area contributed by atoms with Crippen LogP contribution in [0.25, 0.3) is 0 Å². The number of carboxylic acid groups (broad SMARTS) is 1. The van der Waals surface area contributed by atoms with E-state index in [1.54, 1.807) is 0 Å². The largest absolute Gasteiger partial charge is 0.481 e. The fraction of sp³-hybridized carbons (Fsp3) is 0.929. The van der Waals surface area contributed by atoms with Gasteiger partial charge in [-0.05, 0) is 62.9 Å². The minimum absolute atomic E-state index is 0.0674. The minimum atomic E-state index is -0.541. The second-order valence-electron chi connectivity index (χ2n) is 6.41. The minimum Gasteiger partial charge on any atom is -0.481 e. The molecule has 3 rings (SSSR count). The number of aliphatic carboxylic acids is 1. The highest BCUT2D eigenvalue weighted by atomic mass is 16.4. The van der Waals surface area contributed by atoms with Crippen LogP contribution in [0.15, 0.2) is 0 Å². The molecular weight excluding hydrogens is 214 g/mol. The lowest BCUT2D eigenvalue weighted by atomic mass is 9.82. The molecule has 1 N–H and O–H groups in total. The molecule has 3 fully saturated rings. The molecule has 2 aliphatic carbocycles. The van der Waals surface area contributed by atoms with Crippen LogP contribution in [-0.4, -0.2) is 35.1 Å². The first-order chi connectivity index (χ1) is 8.16. The number of rotatable bonds is 2. The van der Waals surface area contributed by atoms with E-state index in [2.05, 4.69) is 11.8 Å². The van der Waals surface area contributed by atoms with Gasteiger partial charge in [0.1, 0.15) is 0 Å². The summed E-state index contributed by atoms with van der Waals surface area (Å²) in [6.07, 6.45) is 6.10. The fourth-order valence-corrected chi connectivity index (χ4v) is 4.46. The third-order valence-electron chi connectivity index (χ3n) is 5.40. The van der Waals surface area contributed by atoms with Crippen molar-refractivity contribution in [2.75, 3.05) is 13.1 Å². The molecular formula is C14H23NO2. The fourth-order valence-electron chi connectivity index (χ4n) is 4.46. The van der Waals surface area contributed by atoms with Gasteiger partial charge in [-0.1, -0.05) is 6.92 Å². The lowest BCUT2D eigenvalue weighted by molar-refractivity contribution is -0.146. The van der Waals surface area contributed by atoms with E-state index < -0.39 is 5.97 Å². The Balaban J connectivity index is 1.74. The van der Waals surface area contributed by atoms with Crippen LogP contribution in [0.5, 0.6) is 0 Å². The quantitative estimate of drug-likeness (QED) is 0.800. The van der Waals surface area contributed by atoms with Gasteiger partial charge in [-0.25, -0.2) is 0 Å². The van der Waals surface area contributed by atoms with Gasteiger partial charge in [0.15, 0.2) is 0 Å². The van der Waals surface area contributed by atoms with Crippen LogP contribution in [-0.2, 0) is 4.79 Å². The number of hydrogen-bond donors (Lipinski definition) is 1. The van der Waals surface area contributed by atoms with Crippen LogP contribution < -0.4 is 0 Å². The van der Waals surface area contributed by atoms with Crippen molar-refractivity contribution in [3.63, 3.8) is 0 Å². The summed E-state index contributed by atoms with van der Waals surface area (Å²) < 4.78 is 0. The Morgan fingerprint density at radius 2 is 1.76 bits per heavy atom. The number of piperidine rings is 1. The molecule has 17 heavy (non-hydrogen) atoms. The first-order valence-electron chi connectivity index (χ1n) is 7.13. The summed E-state index contributed by atoms with van der Waals surface area (Å²) >= 11 is 0. The van der Waals surface area contributed by atoms with Crippen molar-refractivity contribution < 1.29 is 9.90 Å². The molecule has 4 unspecified atom stereocenters. The van der Waals surface area contributed by atoms with Gasteiger partial charge in [-0.2, -0.15) is 0 Å². The van der Waals surface area contributed by atoms with Crippen molar-refractivity contribution in [1.82, 2.24) is 4.90 Å². The third kappa shape index (κ3) is 1.88. The van der Waals surface area contributed by atoms with Crippen molar-refractivity contribution in [2.24, 2.45) is 23.7 Å². The highest BCUT2D eigenvalue weighted by molar-refractivity contribution is 5.72. The molecule has 0 aromatic carbocycles. The van der Waals surface area contributed by atoms with Crippen molar-refractivity contribution in [3.05, 3.63) is 0 Å². The molecule has 0 aromatic heterocycles. The van der Waals surface area contributed by atoms with Crippen molar-refractivity contribution in [3.8, 4) is 0 Å². The highest BCUT2D eigenvalue weighted by Gasteiger charge is 2.53. The van der Waals surface area contributed by atoms with E-state index in [9.17, 15) is 9.90 Å². The van der Waals surface area contributed by atoms with E-state index in [0.717, 1.165) is 25.4 Å². The summed E-state index contributed by atoms with van der Waals surface area (Å²) in [5.74, 6) is 1.37. The summed E-state index contributed by atoms with van der Waals surface area (Å²) in [7, 11) is 0. The summed E-state index contributed by atoms with van der Waals surface area (Å²) in [6.45, 7) is 4.56. The second-order valence-corrected chi connectivity index (χ2v) is 6.41. The molecule has 2 bridgehead atoms. The first kappa shape index (κ1) is 11.5. The summed E-state index contributed by atoms with van der Waals surface area (Å²) in [5.41, 5.74) is 0. The van der Waals surface area contributed by atoms with Crippen LogP contribution in [0.3, 0.4) is 0 Å². The molecule has 1 heterocycles. The van der Waals surface area contributed by atoms with Gasteiger partial charge in [-0.3, -0.25) is 9.69 Å². The third-order valence-corrected chi connectivity index (χ3v) is 5.40. The molecule has 0 spiro atoms. The van der Waals surface area contributed by atoms with Gasteiger partial charge in [0, 0.05) is 6.04 Å². The predicted octanol–water partition coefficient (Wildman–Crippen LogP) is 2.22. The molecule has 1 saturated heterocycles. The topological polar surface area (TPSA) is 40.5 Å². The van der Waals surface area contributed by atoms with Crippen LogP contribution in [0.2, 0.25) is 0 Å². The Kier molecular flexibility index (Phi) is 2.89.